The van der Waals surface area contributed by atoms with Gasteiger partial charge in [0.2, 0.25) is 0 Å². The van der Waals surface area contributed by atoms with E-state index < -0.39 is 0 Å². The number of hydrogen-bond donors (Lipinski definition) is 2. The number of nitrogens with one attached hydrogen (secondary N) is 1. The molecule has 0 aliphatic rings. The van der Waals surface area contributed by atoms with Gasteiger partial charge in [0.25, 0.3) is 5.91 Å². The molecular weight excluding hydrogens is 288 g/mol. The first kappa shape index (κ1) is 17.5. The molecule has 1 amide bonds. The molecule has 21 heavy (non-hydrogen) atoms. The first-order valence-corrected chi connectivity index (χ1v) is 8.09. The lowest BCUT2D eigenvalue weighted by Gasteiger charge is -2.16. The molecular formula is C15H24N2O3S. The van der Waals surface area contributed by atoms with Crippen molar-refractivity contribution in [3.63, 3.8) is 0 Å². The molecule has 118 valence electrons. The molecule has 0 aliphatic carbocycles. The maximum atomic E-state index is 12.3. The first-order chi connectivity index (χ1) is 10.0. The van der Waals surface area contributed by atoms with Gasteiger partial charge in [-0.2, -0.15) is 11.8 Å². The van der Waals surface area contributed by atoms with Crippen molar-refractivity contribution in [2.75, 3.05) is 31.5 Å². The summed E-state index contributed by atoms with van der Waals surface area (Å²) in [4.78, 5) is 12.3. The van der Waals surface area contributed by atoms with Crippen LogP contribution in [0.4, 0.5) is 5.69 Å². The van der Waals surface area contributed by atoms with E-state index >= 15 is 0 Å². The minimum absolute atomic E-state index is 0.0909. The smallest absolute Gasteiger partial charge is 0.253 e. The van der Waals surface area contributed by atoms with Crippen LogP contribution in [0.1, 0.15) is 30.6 Å². The Labute approximate surface area is 130 Å². The number of nitrogens with two attached hydrogens (primary N) is 1. The molecule has 0 bridgehead atoms. The number of amides is 1. The third-order valence-electron chi connectivity index (χ3n) is 3.09. The van der Waals surface area contributed by atoms with E-state index in [1.54, 1.807) is 12.1 Å². The van der Waals surface area contributed by atoms with Crippen molar-refractivity contribution in [1.29, 1.82) is 0 Å². The standard InChI is InChI=1S/C15H24N2O3S/c1-5-21-7-6-10(2)17-15(18)12-8-11(19-3)9-13(20-4)14(12)16/h8-10H,5-7,16H2,1-4H3,(H,17,18). The summed E-state index contributed by atoms with van der Waals surface area (Å²) in [6.07, 6.45) is 0.922. The number of ether oxygens (including phenoxy) is 2. The fraction of sp³-hybridized carbons (Fsp3) is 0.533. The van der Waals surface area contributed by atoms with Gasteiger partial charge in [-0.1, -0.05) is 6.92 Å². The monoisotopic (exact) mass is 312 g/mol. The number of methoxy groups -OCH3 is 2. The van der Waals surface area contributed by atoms with Crippen molar-refractivity contribution >= 4 is 23.4 Å². The second-order valence-electron chi connectivity index (χ2n) is 4.65. The van der Waals surface area contributed by atoms with Gasteiger partial charge in [0.15, 0.2) is 0 Å². The highest BCUT2D eigenvalue weighted by atomic mass is 32.2. The average molecular weight is 312 g/mol. The quantitative estimate of drug-likeness (QED) is 0.570. The number of rotatable bonds is 8. The van der Waals surface area contributed by atoms with Crippen LogP contribution in [0, 0.1) is 0 Å². The second-order valence-corrected chi connectivity index (χ2v) is 6.04. The lowest BCUT2D eigenvalue weighted by molar-refractivity contribution is 0.0940. The molecule has 5 nitrogen and oxygen atoms in total. The molecule has 1 rings (SSSR count). The number of carbonyl (C=O) groups excluding carboxylic acids is 1. The molecule has 1 aromatic rings. The van der Waals surface area contributed by atoms with Crippen LogP contribution in [0.5, 0.6) is 11.5 Å². The molecule has 0 heterocycles. The third-order valence-corrected chi connectivity index (χ3v) is 4.03. The molecule has 1 unspecified atom stereocenters. The summed E-state index contributed by atoms with van der Waals surface area (Å²) >= 11 is 1.86. The third kappa shape index (κ3) is 5.04. The van der Waals surface area contributed by atoms with E-state index in [0.29, 0.717) is 22.7 Å². The Bertz CT molecular complexity index is 480. The summed E-state index contributed by atoms with van der Waals surface area (Å²) in [6.45, 7) is 4.11. The van der Waals surface area contributed by atoms with E-state index in [-0.39, 0.29) is 11.9 Å². The number of anilines is 1. The molecule has 0 radical (unpaired) electrons. The molecule has 0 saturated carbocycles. The number of nitrogen functional groups attached to an aromatic ring is 1. The predicted octanol–water partition coefficient (Wildman–Crippen LogP) is 2.55. The van der Waals surface area contributed by atoms with Crippen molar-refractivity contribution < 1.29 is 14.3 Å². The zero-order valence-corrected chi connectivity index (χ0v) is 13.9. The van der Waals surface area contributed by atoms with Crippen molar-refractivity contribution in [1.82, 2.24) is 5.32 Å². The first-order valence-electron chi connectivity index (χ1n) is 6.93. The fourth-order valence-electron chi connectivity index (χ4n) is 1.85. The summed E-state index contributed by atoms with van der Waals surface area (Å²) in [5, 5.41) is 2.96. The summed E-state index contributed by atoms with van der Waals surface area (Å²) < 4.78 is 10.3. The van der Waals surface area contributed by atoms with Crippen LogP contribution in [-0.4, -0.2) is 37.7 Å². The van der Waals surface area contributed by atoms with Crippen molar-refractivity contribution in [3.8, 4) is 11.5 Å². The maximum Gasteiger partial charge on any atom is 0.253 e. The Balaban J connectivity index is 2.81. The van der Waals surface area contributed by atoms with Gasteiger partial charge in [0, 0.05) is 12.1 Å². The van der Waals surface area contributed by atoms with Crippen molar-refractivity contribution in [2.45, 2.75) is 26.3 Å². The summed E-state index contributed by atoms with van der Waals surface area (Å²) in [5.74, 6) is 2.88. The van der Waals surface area contributed by atoms with Crippen LogP contribution < -0.4 is 20.5 Å². The highest BCUT2D eigenvalue weighted by Gasteiger charge is 2.17. The lowest BCUT2D eigenvalue weighted by atomic mass is 10.1. The van der Waals surface area contributed by atoms with Gasteiger partial charge in [-0.15, -0.1) is 0 Å². The average Bonchev–Trinajstić information content (AvgIpc) is 2.47. The van der Waals surface area contributed by atoms with Gasteiger partial charge in [-0.25, -0.2) is 0 Å². The van der Waals surface area contributed by atoms with E-state index in [2.05, 4.69) is 12.2 Å². The Morgan fingerprint density at radius 2 is 2.10 bits per heavy atom. The van der Waals surface area contributed by atoms with Gasteiger partial charge in [-0.05, 0) is 30.9 Å². The van der Waals surface area contributed by atoms with Crippen LogP contribution in [0.25, 0.3) is 0 Å². The Hall–Kier alpha value is -1.56. The van der Waals surface area contributed by atoms with Gasteiger partial charge in [-0.3, -0.25) is 4.79 Å². The van der Waals surface area contributed by atoms with Gasteiger partial charge in [0.1, 0.15) is 11.5 Å². The number of carbonyl (C=O) groups is 1. The van der Waals surface area contributed by atoms with Crippen LogP contribution in [0.3, 0.4) is 0 Å². The fourth-order valence-corrected chi connectivity index (χ4v) is 2.66. The lowest BCUT2D eigenvalue weighted by Crippen LogP contribution is -2.33. The van der Waals surface area contributed by atoms with E-state index in [1.165, 1.54) is 14.2 Å². The van der Waals surface area contributed by atoms with Crippen molar-refractivity contribution in [2.24, 2.45) is 0 Å². The highest BCUT2D eigenvalue weighted by molar-refractivity contribution is 7.99. The van der Waals surface area contributed by atoms with E-state index in [1.807, 2.05) is 18.7 Å². The number of benzene rings is 1. The molecule has 0 fully saturated rings. The summed E-state index contributed by atoms with van der Waals surface area (Å²) in [7, 11) is 3.05. The summed E-state index contributed by atoms with van der Waals surface area (Å²) in [5.41, 5.74) is 6.67. The Morgan fingerprint density at radius 3 is 2.67 bits per heavy atom. The van der Waals surface area contributed by atoms with Crippen LogP contribution in [0.15, 0.2) is 12.1 Å². The molecule has 0 spiro atoms. The molecule has 1 aromatic carbocycles. The minimum atomic E-state index is -0.210. The molecule has 0 aromatic heterocycles. The van der Waals surface area contributed by atoms with Crippen LogP contribution >= 0.6 is 11.8 Å². The molecule has 0 aliphatic heterocycles. The van der Waals surface area contributed by atoms with Gasteiger partial charge < -0.3 is 20.5 Å². The highest BCUT2D eigenvalue weighted by Crippen LogP contribution is 2.31. The Morgan fingerprint density at radius 1 is 1.38 bits per heavy atom. The predicted molar refractivity (Wildman–Crippen MR) is 88.5 cm³/mol. The molecule has 1 atom stereocenters. The largest absolute Gasteiger partial charge is 0.497 e. The summed E-state index contributed by atoms with van der Waals surface area (Å²) in [6, 6.07) is 3.38. The topological polar surface area (TPSA) is 73.6 Å². The normalized spacial score (nSPS) is 11.8. The van der Waals surface area contributed by atoms with Crippen LogP contribution in [0.2, 0.25) is 0 Å². The number of thioether (sulfide) groups is 1. The van der Waals surface area contributed by atoms with E-state index in [9.17, 15) is 4.79 Å². The van der Waals surface area contributed by atoms with E-state index in [4.69, 9.17) is 15.2 Å². The zero-order valence-electron chi connectivity index (χ0n) is 13.1. The maximum absolute atomic E-state index is 12.3. The zero-order chi connectivity index (χ0) is 15.8. The van der Waals surface area contributed by atoms with Crippen LogP contribution in [-0.2, 0) is 0 Å². The Kier molecular flexibility index (Phi) is 7.22. The molecule has 6 heteroatoms. The minimum Gasteiger partial charge on any atom is -0.497 e. The van der Waals surface area contributed by atoms with Gasteiger partial charge in [0.05, 0.1) is 25.5 Å². The SMILES string of the molecule is CCSCCC(C)NC(=O)c1cc(OC)cc(OC)c1N. The number of hydrogen-bond acceptors (Lipinski definition) is 5. The molecule has 3 N–H and O–H groups in total. The van der Waals surface area contributed by atoms with Gasteiger partial charge >= 0.3 is 0 Å². The second kappa shape index (κ2) is 8.67. The molecule has 0 saturated heterocycles. The van der Waals surface area contributed by atoms with Crippen molar-refractivity contribution in [3.05, 3.63) is 17.7 Å². The van der Waals surface area contributed by atoms with E-state index in [0.717, 1.165) is 17.9 Å².